The van der Waals surface area contributed by atoms with Crippen LogP contribution in [0.5, 0.6) is 0 Å². The van der Waals surface area contributed by atoms with Gasteiger partial charge in [0, 0.05) is 14.1 Å². The quantitative estimate of drug-likeness (QED) is 0.150. The zero-order chi connectivity index (χ0) is 28.8. The molecule has 0 spiro atoms. The van der Waals surface area contributed by atoms with Crippen LogP contribution in [0.2, 0.25) is 0 Å². The van der Waals surface area contributed by atoms with Crippen LogP contribution in [0.1, 0.15) is 43.7 Å². The molecule has 2 aliphatic heterocycles. The average molecular weight is 590 g/mol. The largest absolute Gasteiger partial charge is 0.383 e. The molecule has 2 saturated heterocycles. The Labute approximate surface area is 238 Å². The van der Waals surface area contributed by atoms with Gasteiger partial charge in [-0.25, -0.2) is 19.5 Å². The maximum Gasteiger partial charge on any atom is 0.280 e. The summed E-state index contributed by atoms with van der Waals surface area (Å²) in [5, 5.41) is 18.7. The summed E-state index contributed by atoms with van der Waals surface area (Å²) < 4.78 is 23.4. The predicted octanol–water partition coefficient (Wildman–Crippen LogP) is 0.854. The lowest BCUT2D eigenvalue weighted by atomic mass is 10.1. The lowest BCUT2D eigenvalue weighted by Gasteiger charge is -2.15. The normalized spacial score (nSPS) is 22.0. The fourth-order valence-electron chi connectivity index (χ4n) is 4.84. The molecule has 18 heteroatoms. The summed E-state index contributed by atoms with van der Waals surface area (Å²) in [6.45, 7) is 0.407. The van der Waals surface area contributed by atoms with Crippen molar-refractivity contribution in [3.8, 4) is 0 Å². The predicted molar refractivity (Wildman–Crippen MR) is 147 cm³/mol. The summed E-state index contributed by atoms with van der Waals surface area (Å²) in [4.78, 5) is 36.3. The Morgan fingerprint density at radius 3 is 2.73 bits per heavy atom. The molecule has 0 aromatic carbocycles. The lowest BCUT2D eigenvalue weighted by Crippen LogP contribution is -2.17. The Hall–Kier alpha value is -3.84. The van der Waals surface area contributed by atoms with Gasteiger partial charge in [-0.2, -0.15) is 10.1 Å². The van der Waals surface area contributed by atoms with Crippen molar-refractivity contribution in [2.75, 3.05) is 44.7 Å². The summed E-state index contributed by atoms with van der Waals surface area (Å²) in [5.41, 5.74) is 2.08. The van der Waals surface area contributed by atoms with Gasteiger partial charge in [0.1, 0.15) is 32.1 Å². The van der Waals surface area contributed by atoms with Crippen molar-refractivity contribution in [3.63, 3.8) is 0 Å². The first-order valence-corrected chi connectivity index (χ1v) is 13.4. The number of ether oxygens (including phenoxy) is 3. The van der Waals surface area contributed by atoms with Gasteiger partial charge in [0.05, 0.1) is 49.5 Å². The Kier molecular flexibility index (Phi) is 9.24. The van der Waals surface area contributed by atoms with E-state index in [1.54, 1.807) is 35.7 Å². The minimum Gasteiger partial charge on any atom is -0.383 e. The van der Waals surface area contributed by atoms with E-state index in [9.17, 15) is 4.79 Å². The van der Waals surface area contributed by atoms with Crippen molar-refractivity contribution < 1.29 is 24.2 Å². The minimum absolute atomic E-state index is 0.00265. The number of aromatic nitrogens is 8. The first kappa shape index (κ1) is 28.7. The van der Waals surface area contributed by atoms with Crippen LogP contribution in [-0.4, -0.2) is 90.5 Å². The highest BCUT2D eigenvalue weighted by Crippen LogP contribution is 2.33. The van der Waals surface area contributed by atoms with Crippen LogP contribution in [0, 0.1) is 0 Å². The number of rotatable bonds is 10. The second-order valence-corrected chi connectivity index (χ2v) is 9.40. The molecule has 2 aliphatic rings. The highest BCUT2D eigenvalue weighted by atomic mass is 32.1. The van der Waals surface area contributed by atoms with E-state index in [4.69, 9.17) is 24.2 Å². The van der Waals surface area contributed by atoms with Gasteiger partial charge >= 0.3 is 0 Å². The Morgan fingerprint density at radius 1 is 1.12 bits per heavy atom. The third-order valence-corrected chi connectivity index (χ3v) is 6.88. The SMILES string of the molecule is CNc1nc2c(ncn2C2CCC(COCO)O2)c(=O)[nH]1.CNc1ncnn2c(C3CCC(CON=S)O3)cnc12. The van der Waals surface area contributed by atoms with Crippen LogP contribution in [0.3, 0.4) is 0 Å². The molecule has 6 heterocycles. The molecule has 2 fully saturated rings. The van der Waals surface area contributed by atoms with E-state index in [1.807, 2.05) is 0 Å². The maximum atomic E-state index is 11.9. The number of nitrogens with zero attached hydrogens (tertiary/aromatic N) is 8. The number of aliphatic hydroxyl groups excluding tert-OH is 1. The van der Waals surface area contributed by atoms with Gasteiger partial charge in [-0.15, -0.1) is 0 Å². The average Bonchev–Trinajstić information content (AvgIpc) is 3.80. The van der Waals surface area contributed by atoms with E-state index in [-0.39, 0.29) is 42.4 Å². The van der Waals surface area contributed by atoms with E-state index >= 15 is 0 Å². The molecule has 41 heavy (non-hydrogen) atoms. The molecule has 6 rings (SSSR count). The number of imidazole rings is 2. The molecular formula is C23H31N11O6S. The monoisotopic (exact) mass is 589 g/mol. The summed E-state index contributed by atoms with van der Waals surface area (Å²) >= 11 is 4.40. The summed E-state index contributed by atoms with van der Waals surface area (Å²) in [5.74, 6) is 1.07. The summed E-state index contributed by atoms with van der Waals surface area (Å²) in [7, 11) is 3.48. The van der Waals surface area contributed by atoms with Gasteiger partial charge in [0.2, 0.25) is 5.95 Å². The molecule has 4 aromatic rings. The van der Waals surface area contributed by atoms with Crippen molar-refractivity contribution in [2.24, 2.45) is 4.53 Å². The third kappa shape index (κ3) is 6.25. The van der Waals surface area contributed by atoms with Gasteiger partial charge in [-0.3, -0.25) is 14.3 Å². The first-order chi connectivity index (χ1) is 20.1. The molecule has 4 N–H and O–H groups in total. The molecule has 4 atom stereocenters. The Morgan fingerprint density at radius 2 is 1.95 bits per heavy atom. The molecule has 4 aromatic heterocycles. The maximum absolute atomic E-state index is 11.9. The molecule has 0 bridgehead atoms. The number of anilines is 2. The fourth-order valence-corrected chi connectivity index (χ4v) is 4.90. The second kappa shape index (κ2) is 13.2. The molecule has 220 valence electrons. The van der Waals surface area contributed by atoms with E-state index in [2.05, 4.69) is 57.6 Å². The van der Waals surface area contributed by atoms with Crippen LogP contribution in [0.4, 0.5) is 11.8 Å². The standard InChI is InChI=1S/C12H17N5O4.C11H14N6O2S/c1-13-12-15-10-9(11(19)16-12)14-5-17(10)8-3-2-7(21-8)4-20-6-18;1-12-10-11-13-4-8(17(11)15-6-14-10)9-3-2-7(19-9)5-18-16-20/h5,7-8,18H,2-4,6H2,1H3,(H2,13,15,16,19);4,6-7,9H,2-3,5H2,1H3,(H,12,14,15). The van der Waals surface area contributed by atoms with Crippen molar-refractivity contribution in [1.29, 1.82) is 0 Å². The molecular weight excluding hydrogens is 558 g/mol. The van der Waals surface area contributed by atoms with Crippen molar-refractivity contribution >= 4 is 41.0 Å². The van der Waals surface area contributed by atoms with Gasteiger partial charge in [0.25, 0.3) is 5.56 Å². The number of aromatic amines is 1. The molecule has 0 aliphatic carbocycles. The van der Waals surface area contributed by atoms with Gasteiger partial charge in [-0.05, 0) is 30.2 Å². The van der Waals surface area contributed by atoms with Gasteiger partial charge < -0.3 is 34.8 Å². The van der Waals surface area contributed by atoms with E-state index in [0.29, 0.717) is 36.3 Å². The van der Waals surface area contributed by atoms with E-state index in [0.717, 1.165) is 31.4 Å². The first-order valence-electron chi connectivity index (χ1n) is 13.0. The number of nitrogens with one attached hydrogen (secondary N) is 3. The second-order valence-electron chi connectivity index (χ2n) is 9.25. The van der Waals surface area contributed by atoms with Crippen LogP contribution in [0.25, 0.3) is 16.8 Å². The number of fused-ring (bicyclic) bond motifs is 2. The van der Waals surface area contributed by atoms with E-state index in [1.165, 1.54) is 6.33 Å². The van der Waals surface area contributed by atoms with Gasteiger partial charge in [-0.1, -0.05) is 0 Å². The number of H-pyrrole nitrogens is 1. The highest BCUT2D eigenvalue weighted by molar-refractivity contribution is 7.47. The lowest BCUT2D eigenvalue weighted by molar-refractivity contribution is -0.0746. The molecule has 0 radical (unpaired) electrons. The van der Waals surface area contributed by atoms with Crippen LogP contribution in [0.15, 0.2) is 28.2 Å². The third-order valence-electron chi connectivity index (χ3n) is 6.78. The summed E-state index contributed by atoms with van der Waals surface area (Å²) in [6.07, 6.45) is 7.84. The molecule has 4 unspecified atom stereocenters. The smallest absolute Gasteiger partial charge is 0.280 e. The Bertz CT molecular complexity index is 1530. The van der Waals surface area contributed by atoms with Crippen molar-refractivity contribution in [2.45, 2.75) is 50.2 Å². The zero-order valence-electron chi connectivity index (χ0n) is 22.5. The highest BCUT2D eigenvalue weighted by Gasteiger charge is 2.30. The zero-order valence-corrected chi connectivity index (χ0v) is 23.3. The van der Waals surface area contributed by atoms with Crippen molar-refractivity contribution in [1.82, 2.24) is 39.1 Å². The number of hydrogen-bond donors (Lipinski definition) is 4. The Balaban J connectivity index is 0.000000165. The van der Waals surface area contributed by atoms with Crippen molar-refractivity contribution in [3.05, 3.63) is 34.9 Å². The van der Waals surface area contributed by atoms with Crippen LogP contribution in [-0.2, 0) is 31.5 Å². The molecule has 0 amide bonds. The number of hydrogen-bond acceptors (Lipinski definition) is 15. The molecule has 0 saturated carbocycles. The minimum atomic E-state index is -0.318. The molecule has 17 nitrogen and oxygen atoms in total. The van der Waals surface area contributed by atoms with Crippen LogP contribution < -0.4 is 16.2 Å². The van der Waals surface area contributed by atoms with Crippen LogP contribution >= 0.6 is 0 Å². The number of aliphatic hydroxyl groups is 1. The fraction of sp³-hybridized carbons (Fsp3) is 0.565. The van der Waals surface area contributed by atoms with E-state index < -0.39 is 0 Å². The topological polar surface area (TPSA) is 200 Å². The summed E-state index contributed by atoms with van der Waals surface area (Å²) in [6, 6.07) is 0. The van der Waals surface area contributed by atoms with Gasteiger partial charge in [0.15, 0.2) is 22.6 Å².